The molecular weight excluding hydrogens is 431 g/mol. The minimum absolute atomic E-state index is 0.00604. The van der Waals surface area contributed by atoms with Crippen molar-refractivity contribution in [2.24, 2.45) is 5.92 Å². The van der Waals surface area contributed by atoms with Crippen molar-refractivity contribution in [3.8, 4) is 5.69 Å². The number of amides is 2. The maximum absolute atomic E-state index is 14.3. The summed E-state index contributed by atoms with van der Waals surface area (Å²) in [7, 11) is 0. The molecule has 0 spiro atoms. The third kappa shape index (κ3) is 3.33. The molecule has 2 amide bonds. The molecule has 1 saturated heterocycles. The average Bonchev–Trinajstić information content (AvgIpc) is 3.58. The topological polar surface area (TPSA) is 58.4 Å². The summed E-state index contributed by atoms with van der Waals surface area (Å²) in [5, 5.41) is 4.75. The maximum Gasteiger partial charge on any atom is 0.273 e. The number of likely N-dealkylation sites (tertiary alicyclic amines) is 1. The van der Waals surface area contributed by atoms with Gasteiger partial charge in [-0.3, -0.25) is 9.59 Å². The van der Waals surface area contributed by atoms with E-state index in [2.05, 4.69) is 0 Å². The number of hydrogen-bond acceptors (Lipinski definition) is 3. The maximum atomic E-state index is 14.3. The van der Waals surface area contributed by atoms with E-state index in [-0.39, 0.29) is 29.5 Å². The van der Waals surface area contributed by atoms with Crippen molar-refractivity contribution in [1.29, 1.82) is 0 Å². The molecule has 6 rings (SSSR count). The molecule has 0 bridgehead atoms. The lowest BCUT2D eigenvalue weighted by atomic mass is 9.98. The highest BCUT2D eigenvalue weighted by Gasteiger charge is 2.51. The first-order valence-corrected chi connectivity index (χ1v) is 12.1. The summed E-state index contributed by atoms with van der Waals surface area (Å²) in [6.45, 7) is 2.98. The Labute approximate surface area is 198 Å². The summed E-state index contributed by atoms with van der Waals surface area (Å²) in [5.74, 6) is -0.396. The molecule has 2 fully saturated rings. The molecule has 174 valence electrons. The Morgan fingerprint density at radius 2 is 1.76 bits per heavy atom. The second-order valence-electron chi connectivity index (χ2n) is 9.62. The van der Waals surface area contributed by atoms with E-state index in [9.17, 15) is 14.0 Å². The number of carbonyl (C=O) groups excluding carboxylic acids is 2. The van der Waals surface area contributed by atoms with Gasteiger partial charge >= 0.3 is 0 Å². The van der Waals surface area contributed by atoms with Crippen LogP contribution in [0.4, 0.5) is 4.39 Å². The Morgan fingerprint density at radius 1 is 1.03 bits per heavy atom. The normalized spacial score (nSPS) is 22.2. The fourth-order valence-corrected chi connectivity index (χ4v) is 5.68. The van der Waals surface area contributed by atoms with Crippen molar-refractivity contribution in [1.82, 2.24) is 19.6 Å². The number of aromatic nitrogens is 2. The fraction of sp³-hybridized carbons (Fsp3) is 0.370. The minimum Gasteiger partial charge on any atom is -0.336 e. The number of fused-ring (bicyclic) bond motifs is 1. The van der Waals surface area contributed by atoms with Crippen LogP contribution in [-0.4, -0.2) is 50.5 Å². The zero-order valence-corrected chi connectivity index (χ0v) is 19.2. The molecule has 3 aliphatic rings. The van der Waals surface area contributed by atoms with Gasteiger partial charge in [-0.05, 0) is 62.8 Å². The van der Waals surface area contributed by atoms with Gasteiger partial charge in [0.1, 0.15) is 11.5 Å². The molecule has 0 N–H and O–H groups in total. The van der Waals surface area contributed by atoms with Crippen LogP contribution < -0.4 is 0 Å². The SMILES string of the molecule is Cc1nn(-c2ccccc2)c2c1C(C1CC1)N(C1CCCN(C(=O)c3ccccc3F)C1)C2=O. The smallest absolute Gasteiger partial charge is 0.273 e. The van der Waals surface area contributed by atoms with E-state index in [0.29, 0.717) is 24.7 Å². The van der Waals surface area contributed by atoms with E-state index >= 15 is 0 Å². The first-order chi connectivity index (χ1) is 16.5. The third-order valence-corrected chi connectivity index (χ3v) is 7.39. The fourth-order valence-electron chi connectivity index (χ4n) is 5.68. The van der Waals surface area contributed by atoms with Crippen LogP contribution >= 0.6 is 0 Å². The van der Waals surface area contributed by atoms with Gasteiger partial charge in [-0.15, -0.1) is 0 Å². The second kappa shape index (κ2) is 8.08. The number of aryl methyl sites for hydroxylation is 1. The summed E-state index contributed by atoms with van der Waals surface area (Å²) in [4.78, 5) is 30.8. The molecule has 3 aromatic rings. The van der Waals surface area contributed by atoms with Crippen LogP contribution in [0, 0.1) is 18.7 Å². The van der Waals surface area contributed by atoms with Crippen molar-refractivity contribution in [2.45, 2.75) is 44.7 Å². The molecule has 3 heterocycles. The highest BCUT2D eigenvalue weighted by Crippen LogP contribution is 2.52. The lowest BCUT2D eigenvalue weighted by Gasteiger charge is -2.40. The Hall–Kier alpha value is -3.48. The summed E-state index contributed by atoms with van der Waals surface area (Å²) in [6.07, 6.45) is 3.80. The highest BCUT2D eigenvalue weighted by molar-refractivity contribution is 5.99. The Balaban J connectivity index is 1.34. The van der Waals surface area contributed by atoms with Gasteiger partial charge in [0.15, 0.2) is 0 Å². The zero-order chi connectivity index (χ0) is 23.4. The van der Waals surface area contributed by atoms with Crippen molar-refractivity contribution < 1.29 is 14.0 Å². The molecule has 1 saturated carbocycles. The van der Waals surface area contributed by atoms with E-state index in [1.807, 2.05) is 42.2 Å². The summed E-state index contributed by atoms with van der Waals surface area (Å²) >= 11 is 0. The van der Waals surface area contributed by atoms with Gasteiger partial charge in [0.25, 0.3) is 11.8 Å². The Bertz CT molecular complexity index is 1270. The number of rotatable bonds is 4. The largest absolute Gasteiger partial charge is 0.336 e. The van der Waals surface area contributed by atoms with Crippen LogP contribution in [0.15, 0.2) is 54.6 Å². The van der Waals surface area contributed by atoms with Crippen LogP contribution in [0.25, 0.3) is 5.69 Å². The molecule has 1 aliphatic carbocycles. The van der Waals surface area contributed by atoms with Crippen LogP contribution in [0.5, 0.6) is 0 Å². The predicted octanol–water partition coefficient (Wildman–Crippen LogP) is 4.53. The standard InChI is InChI=1S/C27H27FN4O2/c1-17-23-24(18-13-14-18)31(27(34)25(23)32(29-17)19-8-3-2-4-9-19)20-10-7-15-30(16-20)26(33)21-11-5-6-12-22(21)28/h2-6,8-9,11-12,18,20,24H,7,10,13-16H2,1H3. The lowest BCUT2D eigenvalue weighted by molar-refractivity contribution is 0.0373. The summed E-state index contributed by atoms with van der Waals surface area (Å²) in [6, 6.07) is 15.8. The number of piperidine rings is 1. The van der Waals surface area contributed by atoms with Gasteiger partial charge in [-0.1, -0.05) is 30.3 Å². The van der Waals surface area contributed by atoms with Crippen LogP contribution in [0.1, 0.15) is 63.8 Å². The van der Waals surface area contributed by atoms with E-state index in [0.717, 1.165) is 42.6 Å². The number of benzene rings is 2. The number of para-hydroxylation sites is 1. The molecular formula is C27H27FN4O2. The van der Waals surface area contributed by atoms with E-state index in [1.54, 1.807) is 21.7 Å². The number of hydrogen-bond donors (Lipinski definition) is 0. The van der Waals surface area contributed by atoms with Gasteiger partial charge in [-0.2, -0.15) is 5.10 Å². The molecule has 2 unspecified atom stereocenters. The first-order valence-electron chi connectivity index (χ1n) is 12.1. The van der Waals surface area contributed by atoms with Gasteiger partial charge in [0, 0.05) is 18.7 Å². The summed E-state index contributed by atoms with van der Waals surface area (Å²) < 4.78 is 16.1. The molecule has 0 radical (unpaired) electrons. The molecule has 6 nitrogen and oxygen atoms in total. The lowest BCUT2D eigenvalue weighted by Crippen LogP contribution is -2.51. The van der Waals surface area contributed by atoms with Gasteiger partial charge in [-0.25, -0.2) is 9.07 Å². The first kappa shape index (κ1) is 21.1. The van der Waals surface area contributed by atoms with Crippen molar-refractivity contribution in [2.75, 3.05) is 13.1 Å². The molecule has 2 aliphatic heterocycles. The molecule has 34 heavy (non-hydrogen) atoms. The number of carbonyl (C=O) groups is 2. The predicted molar refractivity (Wildman–Crippen MR) is 125 cm³/mol. The Kier molecular flexibility index (Phi) is 5.01. The number of halogens is 1. The molecule has 2 aromatic carbocycles. The zero-order valence-electron chi connectivity index (χ0n) is 19.2. The molecule has 7 heteroatoms. The van der Waals surface area contributed by atoms with Crippen molar-refractivity contribution >= 4 is 11.8 Å². The van der Waals surface area contributed by atoms with Crippen LogP contribution in [-0.2, 0) is 0 Å². The van der Waals surface area contributed by atoms with E-state index in [1.165, 1.54) is 12.1 Å². The average molecular weight is 459 g/mol. The van der Waals surface area contributed by atoms with Crippen molar-refractivity contribution in [3.05, 3.63) is 82.9 Å². The monoisotopic (exact) mass is 458 g/mol. The number of nitrogens with zero attached hydrogens (tertiary/aromatic N) is 4. The highest BCUT2D eigenvalue weighted by atomic mass is 19.1. The van der Waals surface area contributed by atoms with E-state index in [4.69, 9.17) is 5.10 Å². The van der Waals surface area contributed by atoms with Gasteiger partial charge in [0.2, 0.25) is 0 Å². The Morgan fingerprint density at radius 3 is 2.50 bits per heavy atom. The quantitative estimate of drug-likeness (QED) is 0.577. The molecule has 1 aromatic heterocycles. The third-order valence-electron chi connectivity index (χ3n) is 7.39. The van der Waals surface area contributed by atoms with Gasteiger partial charge in [0.05, 0.1) is 29.0 Å². The van der Waals surface area contributed by atoms with Crippen LogP contribution in [0.3, 0.4) is 0 Å². The minimum atomic E-state index is -0.506. The van der Waals surface area contributed by atoms with E-state index < -0.39 is 5.82 Å². The van der Waals surface area contributed by atoms with Crippen LogP contribution in [0.2, 0.25) is 0 Å². The van der Waals surface area contributed by atoms with Crippen molar-refractivity contribution in [3.63, 3.8) is 0 Å². The summed E-state index contributed by atoms with van der Waals surface area (Å²) in [5.41, 5.74) is 3.54. The van der Waals surface area contributed by atoms with Gasteiger partial charge < -0.3 is 9.80 Å². The molecule has 2 atom stereocenters. The second-order valence-corrected chi connectivity index (χ2v) is 9.62.